The van der Waals surface area contributed by atoms with Crippen molar-refractivity contribution in [2.45, 2.75) is 111 Å². The van der Waals surface area contributed by atoms with E-state index in [0.717, 1.165) is 0 Å². The maximum atomic E-state index is 11.1. The number of aliphatic hydroxyl groups excluding tert-OH is 5. The van der Waals surface area contributed by atoms with Crippen molar-refractivity contribution >= 4 is 0 Å². The van der Waals surface area contributed by atoms with E-state index in [2.05, 4.69) is 5.32 Å². The normalized spacial score (nSPS) is 53.5. The molecule has 15 atom stereocenters. The first-order chi connectivity index (χ1) is 15.8. The quantitative estimate of drug-likeness (QED) is 0.165. The fourth-order valence-corrected chi connectivity index (χ4v) is 4.95. The van der Waals surface area contributed by atoms with Crippen LogP contribution in [0.25, 0.3) is 0 Å². The summed E-state index contributed by atoms with van der Waals surface area (Å²) in [6.07, 6.45) is -12.4. The minimum atomic E-state index is -1.46. The second-order valence-corrected chi connectivity index (χ2v) is 9.82. The third-order valence-corrected chi connectivity index (χ3v) is 6.95. The maximum Gasteiger partial charge on any atom is 0.185 e. The average molecular weight is 497 g/mol. The van der Waals surface area contributed by atoms with Gasteiger partial charge in [0.2, 0.25) is 0 Å². The van der Waals surface area contributed by atoms with Gasteiger partial charge in [0.25, 0.3) is 0 Å². The molecule has 3 aliphatic rings. The van der Waals surface area contributed by atoms with Crippen LogP contribution in [0.4, 0.5) is 0 Å². The first-order valence-corrected chi connectivity index (χ1v) is 11.4. The Morgan fingerprint density at radius 2 is 1.50 bits per heavy atom. The molecule has 200 valence electrons. The molecule has 0 aromatic heterocycles. The van der Waals surface area contributed by atoms with E-state index in [0.29, 0.717) is 0 Å². The standard InChI is InChI=1S/C20H40N4O10/c1-6(25)14-11(27)10(26)9(23)18(32-14)33-15-7(21)4-8(22)16(12(15)28)34-19-13(29)17(24-3)20(2,30)5-31-19/h6-19,24-30H,4-5,21-23H2,1-3H3/t6-,7+,8+,9-,10-,11+,12-,13+,14?,15+,16-,17+,18+,19+,20+/m1/s1. The summed E-state index contributed by atoms with van der Waals surface area (Å²) in [6.45, 7) is 2.75. The minimum Gasteiger partial charge on any atom is -0.391 e. The van der Waals surface area contributed by atoms with Crippen molar-refractivity contribution in [2.24, 2.45) is 17.2 Å². The topological polar surface area (TPSA) is 248 Å². The molecule has 1 saturated carbocycles. The van der Waals surface area contributed by atoms with Crippen molar-refractivity contribution < 1.29 is 49.6 Å². The van der Waals surface area contributed by atoms with E-state index in [-0.39, 0.29) is 13.0 Å². The third-order valence-electron chi connectivity index (χ3n) is 6.95. The number of rotatable bonds is 6. The van der Waals surface area contributed by atoms with E-state index in [1.807, 2.05) is 0 Å². The second kappa shape index (κ2) is 10.8. The molecule has 0 aromatic rings. The third kappa shape index (κ3) is 5.40. The van der Waals surface area contributed by atoms with Gasteiger partial charge in [0.05, 0.1) is 24.8 Å². The van der Waals surface area contributed by atoms with Crippen LogP contribution in [-0.2, 0) is 18.9 Å². The Hall–Kier alpha value is -0.560. The van der Waals surface area contributed by atoms with Gasteiger partial charge in [0, 0.05) is 12.1 Å². The molecular weight excluding hydrogens is 456 g/mol. The molecule has 0 aromatic carbocycles. The Morgan fingerprint density at radius 1 is 0.941 bits per heavy atom. The van der Waals surface area contributed by atoms with Crippen LogP contribution >= 0.6 is 0 Å². The largest absolute Gasteiger partial charge is 0.391 e. The molecule has 34 heavy (non-hydrogen) atoms. The van der Waals surface area contributed by atoms with E-state index in [1.165, 1.54) is 13.8 Å². The highest BCUT2D eigenvalue weighted by Crippen LogP contribution is 2.32. The molecule has 0 amide bonds. The van der Waals surface area contributed by atoms with E-state index >= 15 is 0 Å². The zero-order chi connectivity index (χ0) is 25.5. The molecule has 0 radical (unpaired) electrons. The molecular formula is C20H40N4O10. The highest BCUT2D eigenvalue weighted by atomic mass is 16.7. The van der Waals surface area contributed by atoms with Gasteiger partial charge in [-0.25, -0.2) is 0 Å². The first kappa shape index (κ1) is 28.0. The highest BCUT2D eigenvalue weighted by molar-refractivity contribution is 5.02. The number of hydrogen-bond donors (Lipinski definition) is 10. The van der Waals surface area contributed by atoms with Crippen LogP contribution < -0.4 is 22.5 Å². The molecule has 0 spiro atoms. The lowest BCUT2D eigenvalue weighted by molar-refractivity contribution is -0.319. The number of hydrogen-bond acceptors (Lipinski definition) is 14. The van der Waals surface area contributed by atoms with Crippen molar-refractivity contribution in [2.75, 3.05) is 13.7 Å². The SMILES string of the molecule is CN[C@H]1[C@H](O)[C@H](O[C@H]2[C@H](O)[C@@H](O[C@@H]3OC([C@@H](C)O)[C@@H](O)[C@H](O)[C@H]3N)[C@@H](N)C[C@@H]2N)OC[C@]1(C)O. The van der Waals surface area contributed by atoms with Crippen molar-refractivity contribution in [3.05, 3.63) is 0 Å². The summed E-state index contributed by atoms with van der Waals surface area (Å²) in [7, 11) is 1.58. The Kier molecular flexibility index (Phi) is 8.92. The highest BCUT2D eigenvalue weighted by Gasteiger charge is 2.52. The number of likely N-dealkylation sites (N-methyl/N-ethyl adjacent to an activating group) is 1. The van der Waals surface area contributed by atoms with Gasteiger partial charge in [0.1, 0.15) is 48.3 Å². The molecule has 3 rings (SSSR count). The Morgan fingerprint density at radius 3 is 2.03 bits per heavy atom. The zero-order valence-corrected chi connectivity index (χ0v) is 19.5. The average Bonchev–Trinajstić information content (AvgIpc) is 2.75. The van der Waals surface area contributed by atoms with Gasteiger partial charge in [-0.15, -0.1) is 0 Å². The molecule has 0 bridgehead atoms. The van der Waals surface area contributed by atoms with Crippen LogP contribution in [0.5, 0.6) is 0 Å². The van der Waals surface area contributed by atoms with Gasteiger partial charge in [-0.2, -0.15) is 0 Å². The van der Waals surface area contributed by atoms with Crippen LogP contribution in [-0.4, -0.2) is 135 Å². The van der Waals surface area contributed by atoms with Crippen molar-refractivity contribution in [3.63, 3.8) is 0 Å². The molecule has 14 nitrogen and oxygen atoms in total. The van der Waals surface area contributed by atoms with Crippen LogP contribution in [0, 0.1) is 0 Å². The monoisotopic (exact) mass is 496 g/mol. The fourth-order valence-electron chi connectivity index (χ4n) is 4.95. The van der Waals surface area contributed by atoms with Crippen LogP contribution in [0.3, 0.4) is 0 Å². The first-order valence-electron chi connectivity index (χ1n) is 11.4. The van der Waals surface area contributed by atoms with Gasteiger partial charge in [0.15, 0.2) is 12.6 Å². The van der Waals surface area contributed by atoms with Crippen molar-refractivity contribution in [1.82, 2.24) is 5.32 Å². The molecule has 13 N–H and O–H groups in total. The van der Waals surface area contributed by atoms with E-state index < -0.39 is 91.2 Å². The van der Waals surface area contributed by atoms with Gasteiger partial charge in [-0.1, -0.05) is 0 Å². The summed E-state index contributed by atoms with van der Waals surface area (Å²) in [5.74, 6) is 0. The summed E-state index contributed by atoms with van der Waals surface area (Å²) in [6, 6.07) is -3.47. The van der Waals surface area contributed by atoms with Crippen molar-refractivity contribution in [3.8, 4) is 0 Å². The smallest absolute Gasteiger partial charge is 0.185 e. The van der Waals surface area contributed by atoms with Crippen molar-refractivity contribution in [1.29, 1.82) is 0 Å². The van der Waals surface area contributed by atoms with Gasteiger partial charge in [-0.05, 0) is 27.3 Å². The van der Waals surface area contributed by atoms with Gasteiger partial charge < -0.3 is 72.1 Å². The van der Waals surface area contributed by atoms with Crippen LogP contribution in [0.2, 0.25) is 0 Å². The lowest BCUT2D eigenvalue weighted by atomic mass is 9.84. The number of nitrogens with one attached hydrogen (secondary N) is 1. The predicted molar refractivity (Wildman–Crippen MR) is 116 cm³/mol. The summed E-state index contributed by atoms with van der Waals surface area (Å²) in [4.78, 5) is 0. The summed E-state index contributed by atoms with van der Waals surface area (Å²) < 4.78 is 22.8. The van der Waals surface area contributed by atoms with Gasteiger partial charge >= 0.3 is 0 Å². The predicted octanol–water partition coefficient (Wildman–Crippen LogP) is -5.61. The van der Waals surface area contributed by atoms with Crippen LogP contribution in [0.15, 0.2) is 0 Å². The minimum absolute atomic E-state index is 0.135. The van der Waals surface area contributed by atoms with E-state index in [4.69, 9.17) is 36.1 Å². The molecule has 1 aliphatic carbocycles. The molecule has 3 fully saturated rings. The molecule has 2 heterocycles. The number of nitrogens with two attached hydrogens (primary N) is 3. The molecule has 2 aliphatic heterocycles. The summed E-state index contributed by atoms with van der Waals surface area (Å²) in [5.41, 5.74) is 17.0. The van der Waals surface area contributed by atoms with E-state index in [9.17, 15) is 30.6 Å². The fraction of sp³-hybridized carbons (Fsp3) is 1.00. The van der Waals surface area contributed by atoms with Gasteiger partial charge in [-0.3, -0.25) is 0 Å². The Labute approximate surface area is 197 Å². The summed E-state index contributed by atoms with van der Waals surface area (Å²) >= 11 is 0. The lowest BCUT2D eigenvalue weighted by Crippen LogP contribution is -2.69. The summed E-state index contributed by atoms with van der Waals surface area (Å²) in [5, 5.41) is 65.2. The van der Waals surface area contributed by atoms with Crippen LogP contribution in [0.1, 0.15) is 20.3 Å². The molecule has 14 heteroatoms. The zero-order valence-electron chi connectivity index (χ0n) is 19.5. The second-order valence-electron chi connectivity index (χ2n) is 9.82. The van der Waals surface area contributed by atoms with E-state index in [1.54, 1.807) is 7.05 Å². The Bertz CT molecular complexity index is 675. The lowest BCUT2D eigenvalue weighted by Gasteiger charge is -2.49. The molecule has 1 unspecified atom stereocenters. The Balaban J connectivity index is 1.73. The maximum absolute atomic E-state index is 11.1. The molecule has 2 saturated heterocycles. The number of ether oxygens (including phenoxy) is 4. The number of aliphatic hydroxyl groups is 6.